The third-order valence-electron chi connectivity index (χ3n) is 5.65. The molecule has 0 heterocycles. The normalized spacial score (nSPS) is 29.3. The van der Waals surface area contributed by atoms with E-state index in [1.54, 1.807) is 0 Å². The molecule has 1 aliphatic rings. The van der Waals surface area contributed by atoms with Gasteiger partial charge in [-0.15, -0.1) is 0 Å². The van der Waals surface area contributed by atoms with Gasteiger partial charge in [0, 0.05) is 0 Å². The molecule has 25 heavy (non-hydrogen) atoms. The molecule has 149 valence electrons. The van der Waals surface area contributed by atoms with E-state index >= 15 is 0 Å². The van der Waals surface area contributed by atoms with Crippen molar-refractivity contribution in [3.05, 3.63) is 0 Å². The van der Waals surface area contributed by atoms with Crippen LogP contribution in [0.5, 0.6) is 0 Å². The number of rotatable bonds is 6. The summed E-state index contributed by atoms with van der Waals surface area (Å²) in [4.78, 5) is 10.2. The number of aliphatic hydroxyl groups is 1. The third-order valence-corrected chi connectivity index (χ3v) is 9.82. The van der Waals surface area contributed by atoms with E-state index in [9.17, 15) is 9.90 Å². The van der Waals surface area contributed by atoms with Crippen LogP contribution in [0.3, 0.4) is 0 Å². The molecule has 2 atom stereocenters. The van der Waals surface area contributed by atoms with Crippen LogP contribution in [0.1, 0.15) is 67.2 Å². The maximum Gasteiger partial charge on any atom is 0.370 e. The second-order valence-electron chi connectivity index (χ2n) is 11.3. The van der Waals surface area contributed by atoms with Crippen LogP contribution in [0.4, 0.5) is 0 Å². The number of hydrogen-bond acceptors (Lipinski definition) is 3. The second-order valence-corrected chi connectivity index (χ2v) is 17.6. The van der Waals surface area contributed by atoms with Crippen LogP contribution in [0.25, 0.3) is 0 Å². The molecule has 2 unspecified atom stereocenters. The maximum atomic E-state index is 11.0. The zero-order valence-corrected chi connectivity index (χ0v) is 20.1. The summed E-state index contributed by atoms with van der Waals surface area (Å²) < 4.78 is 5.85. The molecule has 5 heteroatoms. The summed E-state index contributed by atoms with van der Waals surface area (Å²) in [5.74, 6) is 1.36. The molecule has 1 aliphatic carbocycles. The van der Waals surface area contributed by atoms with Crippen LogP contribution in [0, 0.1) is 28.6 Å². The lowest BCUT2D eigenvalue weighted by Crippen LogP contribution is -2.47. The van der Waals surface area contributed by atoms with E-state index in [1.165, 1.54) is 0 Å². The molecule has 0 saturated heterocycles. The van der Waals surface area contributed by atoms with E-state index in [0.717, 1.165) is 31.7 Å². The minimum absolute atomic E-state index is 0.133. The van der Waals surface area contributed by atoms with Crippen molar-refractivity contribution in [3.63, 3.8) is 0 Å². The summed E-state index contributed by atoms with van der Waals surface area (Å²) in [6.07, 6.45) is 4.21. The van der Waals surface area contributed by atoms with Crippen molar-refractivity contribution in [2.75, 3.05) is 0 Å². The van der Waals surface area contributed by atoms with Crippen LogP contribution in [0.2, 0.25) is 25.7 Å². The SMILES string of the molecule is CC(C)(C)C1CC(CCC[Si](O)O[Si](C)(C)C)CC(C(C)(C)C)C1O. The molecule has 0 amide bonds. The zero-order chi connectivity index (χ0) is 19.6. The Morgan fingerprint density at radius 3 is 1.76 bits per heavy atom. The molecule has 0 aliphatic heterocycles. The average Bonchev–Trinajstić information content (AvgIpc) is 2.35. The summed E-state index contributed by atoms with van der Waals surface area (Å²) in [5, 5.41) is 11.0. The molecule has 1 rings (SSSR count). The predicted octanol–water partition coefficient (Wildman–Crippen LogP) is 5.19. The van der Waals surface area contributed by atoms with Gasteiger partial charge in [-0.2, -0.15) is 0 Å². The maximum absolute atomic E-state index is 11.0. The van der Waals surface area contributed by atoms with Gasteiger partial charge in [-0.25, -0.2) is 0 Å². The molecule has 0 aromatic rings. The third kappa shape index (κ3) is 7.83. The topological polar surface area (TPSA) is 49.7 Å². The summed E-state index contributed by atoms with van der Waals surface area (Å²) in [5.41, 5.74) is 0.267. The van der Waals surface area contributed by atoms with Gasteiger partial charge in [-0.3, -0.25) is 0 Å². The highest BCUT2D eigenvalue weighted by Gasteiger charge is 2.45. The Labute approximate surface area is 159 Å². The minimum Gasteiger partial charge on any atom is -0.435 e. The van der Waals surface area contributed by atoms with Gasteiger partial charge in [0.2, 0.25) is 0 Å². The lowest BCUT2D eigenvalue weighted by Gasteiger charge is -2.49. The van der Waals surface area contributed by atoms with Crippen molar-refractivity contribution in [1.82, 2.24) is 0 Å². The quantitative estimate of drug-likeness (QED) is 0.616. The fourth-order valence-corrected chi connectivity index (χ4v) is 8.03. The highest BCUT2D eigenvalue weighted by molar-refractivity contribution is 6.75. The van der Waals surface area contributed by atoms with Gasteiger partial charge in [-0.1, -0.05) is 54.4 Å². The van der Waals surface area contributed by atoms with Gasteiger partial charge in [0.1, 0.15) is 0 Å². The Kier molecular flexibility index (Phi) is 7.99. The van der Waals surface area contributed by atoms with Crippen LogP contribution in [0.15, 0.2) is 0 Å². The first-order chi connectivity index (χ1) is 11.1. The molecule has 0 aromatic heterocycles. The van der Waals surface area contributed by atoms with E-state index in [-0.39, 0.29) is 16.9 Å². The van der Waals surface area contributed by atoms with Crippen molar-refractivity contribution < 1.29 is 14.0 Å². The monoisotopic (exact) mass is 387 g/mol. The predicted molar refractivity (Wildman–Crippen MR) is 111 cm³/mol. The van der Waals surface area contributed by atoms with Crippen LogP contribution >= 0.6 is 0 Å². The van der Waals surface area contributed by atoms with Crippen molar-refractivity contribution in [2.24, 2.45) is 28.6 Å². The molecule has 2 N–H and O–H groups in total. The molecule has 1 saturated carbocycles. The minimum atomic E-state index is -1.63. The molecule has 0 spiro atoms. The Morgan fingerprint density at radius 2 is 1.40 bits per heavy atom. The second kappa shape index (κ2) is 8.55. The van der Waals surface area contributed by atoms with E-state index in [2.05, 4.69) is 61.2 Å². The zero-order valence-electron chi connectivity index (χ0n) is 18.1. The first-order valence-electron chi connectivity index (χ1n) is 10.0. The lowest BCUT2D eigenvalue weighted by molar-refractivity contribution is -0.0845. The molecular formula is C20H43O3Si2. The van der Waals surface area contributed by atoms with Crippen molar-refractivity contribution in [3.8, 4) is 0 Å². The first kappa shape index (κ1) is 23.4. The standard InChI is InChI=1S/C20H43O3Si2/c1-19(2,3)16-13-15(14-17(18(16)21)20(4,5)6)11-10-12-24(22)23-25(7,8)9/h15-18,21-22H,10-14H2,1-9H3. The van der Waals surface area contributed by atoms with Crippen LogP contribution in [-0.4, -0.2) is 33.6 Å². The van der Waals surface area contributed by atoms with Gasteiger partial charge in [0.05, 0.1) is 6.10 Å². The summed E-state index contributed by atoms with van der Waals surface area (Å²) >= 11 is 0. The van der Waals surface area contributed by atoms with E-state index < -0.39 is 17.6 Å². The molecule has 3 nitrogen and oxygen atoms in total. The van der Waals surface area contributed by atoms with Gasteiger partial charge >= 0.3 is 9.28 Å². The Morgan fingerprint density at radius 1 is 0.960 bits per heavy atom. The Bertz CT molecular complexity index is 383. The largest absolute Gasteiger partial charge is 0.435 e. The number of hydrogen-bond donors (Lipinski definition) is 2. The van der Waals surface area contributed by atoms with Gasteiger partial charge in [-0.05, 0) is 67.1 Å². The van der Waals surface area contributed by atoms with Gasteiger partial charge < -0.3 is 14.0 Å². The summed E-state index contributed by atoms with van der Waals surface area (Å²) in [7, 11) is -3.26. The molecular weight excluding hydrogens is 344 g/mol. The molecule has 1 radical (unpaired) electrons. The van der Waals surface area contributed by atoms with Crippen molar-refractivity contribution in [1.29, 1.82) is 0 Å². The lowest BCUT2D eigenvalue weighted by atomic mass is 9.58. The first-order valence-corrected chi connectivity index (χ1v) is 15.0. The molecule has 0 bridgehead atoms. The fraction of sp³-hybridized carbons (Fsp3) is 1.00. The summed E-state index contributed by atoms with van der Waals surface area (Å²) in [6.45, 7) is 20.0. The summed E-state index contributed by atoms with van der Waals surface area (Å²) in [6, 6.07) is 0.828. The van der Waals surface area contributed by atoms with E-state index in [1.807, 2.05) is 0 Å². The number of aliphatic hydroxyl groups excluding tert-OH is 1. The fourth-order valence-electron chi connectivity index (χ4n) is 4.29. The average molecular weight is 388 g/mol. The van der Waals surface area contributed by atoms with E-state index in [4.69, 9.17) is 4.12 Å². The molecule has 0 aromatic carbocycles. The van der Waals surface area contributed by atoms with E-state index in [0.29, 0.717) is 17.8 Å². The van der Waals surface area contributed by atoms with Gasteiger partial charge in [0.25, 0.3) is 0 Å². The molecule has 1 fully saturated rings. The Hall–Kier alpha value is 0.314. The highest BCUT2D eigenvalue weighted by Crippen LogP contribution is 2.49. The van der Waals surface area contributed by atoms with Crippen molar-refractivity contribution >= 4 is 17.6 Å². The van der Waals surface area contributed by atoms with Crippen LogP contribution in [-0.2, 0) is 4.12 Å². The van der Waals surface area contributed by atoms with Crippen molar-refractivity contribution in [2.45, 2.75) is 99.0 Å². The van der Waals surface area contributed by atoms with Crippen LogP contribution < -0.4 is 0 Å². The smallest absolute Gasteiger partial charge is 0.370 e. The highest BCUT2D eigenvalue weighted by atomic mass is 28.4. The van der Waals surface area contributed by atoms with Gasteiger partial charge in [0.15, 0.2) is 8.32 Å². The Balaban J connectivity index is 2.67.